The fourth-order valence-electron chi connectivity index (χ4n) is 0.978. The van der Waals surface area contributed by atoms with E-state index in [4.69, 9.17) is 0 Å². The largest absolute Gasteiger partial charge is 0.122 e. The lowest BCUT2D eigenvalue weighted by molar-refractivity contribution is 0.578. The molecule has 0 spiro atoms. The topological polar surface area (TPSA) is 0 Å². The molecule has 1 aliphatic carbocycles. The van der Waals surface area contributed by atoms with Crippen molar-refractivity contribution in [2.45, 2.75) is 25.7 Å². The van der Waals surface area contributed by atoms with Gasteiger partial charge in [0.15, 0.2) is 0 Å². The Morgan fingerprint density at radius 1 is 1.09 bits per heavy atom. The average molecular weight is 478 g/mol. The average Bonchev–Trinajstić information content (AvgIpc) is 1.84. The first-order chi connectivity index (χ1) is 4.88. The summed E-state index contributed by atoms with van der Waals surface area (Å²) in [4.78, 5) is 1.24. The number of rotatable bonds is 0. The molecular formula is C6H6Br5. The Morgan fingerprint density at radius 3 is 2.00 bits per heavy atom. The van der Waals surface area contributed by atoms with Crippen molar-refractivity contribution >= 4 is 79.6 Å². The summed E-state index contributed by atoms with van der Waals surface area (Å²) in [7, 11) is 0. The van der Waals surface area contributed by atoms with Crippen molar-refractivity contribution in [1.29, 1.82) is 0 Å². The Labute approximate surface area is 109 Å². The van der Waals surface area contributed by atoms with Crippen LogP contribution < -0.4 is 0 Å². The Balaban J connectivity index is 2.82. The van der Waals surface area contributed by atoms with Gasteiger partial charge in [-0.3, -0.25) is 0 Å². The maximum atomic E-state index is 3.63. The smallest absolute Gasteiger partial charge is 0.0811 e. The highest BCUT2D eigenvalue weighted by Gasteiger charge is 2.52. The highest BCUT2D eigenvalue weighted by molar-refractivity contribution is 9.31. The lowest BCUT2D eigenvalue weighted by Crippen LogP contribution is -2.41. The van der Waals surface area contributed by atoms with Crippen molar-refractivity contribution in [1.82, 2.24) is 0 Å². The number of halogens is 5. The Morgan fingerprint density at radius 2 is 1.64 bits per heavy atom. The molecular weight excluding hydrogens is 472 g/mol. The van der Waals surface area contributed by atoms with Crippen LogP contribution in [0.2, 0.25) is 0 Å². The van der Waals surface area contributed by atoms with Gasteiger partial charge in [-0.05, 0) is 19.3 Å². The summed E-state index contributed by atoms with van der Waals surface area (Å²) in [6.45, 7) is 0. The fraction of sp³-hybridized carbons (Fsp3) is 0.833. The predicted octanol–water partition coefficient (Wildman–Crippen LogP) is 5.07. The summed E-state index contributed by atoms with van der Waals surface area (Å²) in [5, 5.41) is 0. The van der Waals surface area contributed by atoms with Gasteiger partial charge in [0, 0.05) is 0 Å². The van der Waals surface area contributed by atoms with E-state index in [-0.39, 0.29) is 6.47 Å². The molecule has 1 rings (SSSR count). The zero-order valence-corrected chi connectivity index (χ0v) is 13.4. The molecule has 11 heavy (non-hydrogen) atoms. The molecule has 0 aromatic heterocycles. The van der Waals surface area contributed by atoms with Crippen LogP contribution in [0.15, 0.2) is 0 Å². The van der Waals surface area contributed by atoms with Crippen molar-refractivity contribution < 1.29 is 0 Å². The van der Waals surface area contributed by atoms with E-state index in [1.165, 1.54) is 11.2 Å². The Kier molecular flexibility index (Phi) is 4.04. The quantitative estimate of drug-likeness (QED) is 0.428. The molecule has 1 fully saturated rings. The molecule has 0 aromatic rings. The standard InChI is InChI=1S/C6H6Br5/c7-4-2-1-3-5(8,9)6(4,10)11/h1-3H2. The summed E-state index contributed by atoms with van der Waals surface area (Å²) in [6, 6.07) is 0. The van der Waals surface area contributed by atoms with Gasteiger partial charge < -0.3 is 0 Å². The molecule has 0 heterocycles. The third-order valence-corrected chi connectivity index (χ3v) is 10.2. The van der Waals surface area contributed by atoms with E-state index in [9.17, 15) is 0 Å². The van der Waals surface area contributed by atoms with Gasteiger partial charge in [0.05, 0.1) is 4.83 Å². The molecule has 1 radical (unpaired) electrons. The van der Waals surface area contributed by atoms with Crippen LogP contribution in [-0.2, 0) is 0 Å². The molecule has 65 valence electrons. The van der Waals surface area contributed by atoms with E-state index < -0.39 is 0 Å². The molecule has 0 N–H and O–H groups in total. The van der Waals surface area contributed by atoms with Gasteiger partial charge in [-0.25, -0.2) is 0 Å². The first kappa shape index (κ1) is 11.5. The maximum Gasteiger partial charge on any atom is 0.122 e. The summed E-state index contributed by atoms with van der Waals surface area (Å²) in [6.07, 6.45) is 3.39. The maximum absolute atomic E-state index is 3.63. The monoisotopic (exact) mass is 473 g/mol. The van der Waals surface area contributed by atoms with Crippen LogP contribution in [0.25, 0.3) is 0 Å². The van der Waals surface area contributed by atoms with Crippen molar-refractivity contribution in [3.63, 3.8) is 0 Å². The van der Waals surface area contributed by atoms with Gasteiger partial charge in [-0.15, -0.1) is 0 Å². The molecule has 1 saturated carbocycles. The summed E-state index contributed by atoms with van der Waals surface area (Å²) in [5.41, 5.74) is 0. The normalized spacial score (nSPS) is 30.3. The van der Waals surface area contributed by atoms with E-state index >= 15 is 0 Å². The second-order valence-electron chi connectivity index (χ2n) is 2.54. The van der Waals surface area contributed by atoms with Crippen molar-refractivity contribution in [2.75, 3.05) is 0 Å². The number of alkyl halides is 4. The number of hydrogen-bond donors (Lipinski definition) is 0. The van der Waals surface area contributed by atoms with Crippen LogP contribution in [0.4, 0.5) is 0 Å². The molecule has 0 saturated heterocycles. The lowest BCUT2D eigenvalue weighted by atomic mass is 10.00. The highest BCUT2D eigenvalue weighted by atomic mass is 79.9. The van der Waals surface area contributed by atoms with Crippen LogP contribution in [0, 0.1) is 4.83 Å². The van der Waals surface area contributed by atoms with Crippen LogP contribution in [0.1, 0.15) is 19.3 Å². The minimum atomic E-state index is -0.175. The van der Waals surface area contributed by atoms with Gasteiger partial charge in [-0.1, -0.05) is 79.6 Å². The number of hydrogen-bond acceptors (Lipinski definition) is 0. The van der Waals surface area contributed by atoms with Crippen LogP contribution in [0.3, 0.4) is 0 Å². The molecule has 1 aliphatic rings. The molecule has 5 heteroatoms. The third-order valence-electron chi connectivity index (χ3n) is 1.69. The Bertz CT molecular complexity index is 153. The minimum Gasteiger partial charge on any atom is -0.0811 e. The van der Waals surface area contributed by atoms with Crippen molar-refractivity contribution in [3.05, 3.63) is 4.83 Å². The van der Waals surface area contributed by atoms with Crippen LogP contribution in [-0.4, -0.2) is 6.47 Å². The van der Waals surface area contributed by atoms with E-state index in [0.29, 0.717) is 0 Å². The van der Waals surface area contributed by atoms with Gasteiger partial charge in [0.2, 0.25) is 0 Å². The highest BCUT2D eigenvalue weighted by Crippen LogP contribution is 2.61. The van der Waals surface area contributed by atoms with Gasteiger partial charge >= 0.3 is 0 Å². The summed E-state index contributed by atoms with van der Waals surface area (Å²) in [5.74, 6) is 0. The Hall–Kier alpha value is 2.40. The lowest BCUT2D eigenvalue weighted by Gasteiger charge is -2.41. The second kappa shape index (κ2) is 3.87. The van der Waals surface area contributed by atoms with Gasteiger partial charge in [0.25, 0.3) is 0 Å². The van der Waals surface area contributed by atoms with E-state index in [1.807, 2.05) is 0 Å². The molecule has 0 amide bonds. The van der Waals surface area contributed by atoms with Crippen molar-refractivity contribution in [3.8, 4) is 0 Å². The van der Waals surface area contributed by atoms with Gasteiger partial charge in [0.1, 0.15) is 6.47 Å². The second-order valence-corrected chi connectivity index (χ2v) is 10.7. The molecule has 0 nitrogen and oxygen atoms in total. The third kappa shape index (κ3) is 2.25. The first-order valence-electron chi connectivity index (χ1n) is 3.15. The van der Waals surface area contributed by atoms with E-state index in [0.717, 1.165) is 12.8 Å². The zero-order chi connectivity index (χ0) is 8.70. The molecule has 0 aromatic carbocycles. The predicted molar refractivity (Wildman–Crippen MR) is 67.2 cm³/mol. The summed E-state index contributed by atoms with van der Waals surface area (Å²) < 4.78 is -0.255. The van der Waals surface area contributed by atoms with Crippen LogP contribution >= 0.6 is 79.6 Å². The first-order valence-corrected chi connectivity index (χ1v) is 7.12. The molecule has 0 bridgehead atoms. The van der Waals surface area contributed by atoms with E-state index in [1.54, 1.807) is 0 Å². The van der Waals surface area contributed by atoms with Crippen LogP contribution in [0.5, 0.6) is 0 Å². The molecule has 0 atom stereocenters. The van der Waals surface area contributed by atoms with E-state index in [2.05, 4.69) is 79.6 Å². The SMILES string of the molecule is Br[C]1CCCC(Br)(Br)C1(Br)Br. The molecule has 0 unspecified atom stereocenters. The minimum absolute atomic E-state index is 0.0793. The molecule has 0 aliphatic heterocycles. The summed E-state index contributed by atoms with van der Waals surface area (Å²) >= 11 is 18.0. The van der Waals surface area contributed by atoms with Crippen molar-refractivity contribution in [2.24, 2.45) is 0 Å². The zero-order valence-electron chi connectivity index (χ0n) is 5.51. The van der Waals surface area contributed by atoms with Gasteiger partial charge in [-0.2, -0.15) is 0 Å². The fourth-order valence-corrected chi connectivity index (χ4v) is 3.96.